The van der Waals surface area contributed by atoms with E-state index in [-0.39, 0.29) is 92.7 Å². The first-order valence-electron chi connectivity index (χ1n) is 30.1. The number of ether oxygens (including phenoxy) is 1. The molecule has 0 unspecified atom stereocenters. The summed E-state index contributed by atoms with van der Waals surface area (Å²) in [7, 11) is 0. The number of hydrogen-bond donors (Lipinski definition) is 6. The van der Waals surface area contributed by atoms with Crippen molar-refractivity contribution in [2.24, 2.45) is 17.8 Å². The predicted octanol–water partition coefficient (Wildman–Crippen LogP) is 7.37. The van der Waals surface area contributed by atoms with Crippen molar-refractivity contribution in [1.29, 1.82) is 0 Å². The molecule has 4 saturated carbocycles. The highest BCUT2D eigenvalue weighted by Gasteiger charge is 2.54. The second-order valence-corrected chi connectivity index (χ2v) is 24.3. The number of aromatic amines is 1. The predicted molar refractivity (Wildman–Crippen MR) is 327 cm³/mol. The van der Waals surface area contributed by atoms with Crippen LogP contribution < -0.4 is 42.6 Å². The minimum absolute atomic E-state index is 0.0635. The van der Waals surface area contributed by atoms with E-state index >= 15 is 8.63 Å². The van der Waals surface area contributed by atoms with E-state index in [1.54, 1.807) is 95.6 Å². The summed E-state index contributed by atoms with van der Waals surface area (Å²) in [4.78, 5) is 99.7. The van der Waals surface area contributed by atoms with Crippen LogP contribution in [0, 0.1) is 17.8 Å². The Kier molecular flexibility index (Phi) is 17.9. The molecule has 86 heavy (non-hydrogen) atoms. The third-order valence-corrected chi connectivity index (χ3v) is 18.1. The number of amides is 5. The van der Waals surface area contributed by atoms with E-state index < -0.39 is 12.7 Å². The van der Waals surface area contributed by atoms with E-state index in [0.29, 0.717) is 114 Å². The van der Waals surface area contributed by atoms with Crippen molar-refractivity contribution >= 4 is 82.9 Å². The molecule has 19 nitrogen and oxygen atoms in total. The summed E-state index contributed by atoms with van der Waals surface area (Å²) in [5, 5.41) is 15.8. The molecule has 450 valence electrons. The maximum absolute atomic E-state index is 16.2. The van der Waals surface area contributed by atoms with E-state index in [1.165, 1.54) is 35.2 Å². The topological polar surface area (TPSA) is 235 Å². The van der Waals surface area contributed by atoms with Gasteiger partial charge in [-0.3, -0.25) is 37.9 Å². The number of H-pyrrole nitrogens is 1. The van der Waals surface area contributed by atoms with Crippen molar-refractivity contribution in [3.8, 4) is 5.75 Å². The standard InChI is InChI=1S/C63H72BF2N11O8S/c1-2-30-75-60(83)56-57(73-61(72-56)63-37-42-33-43(38-63)35-44(34-42)39-63)74(62(75)84)31-7-26-70-58(81)45-13-15-46(16-14-45)59(82)71-29-28-69-54(79)24-27-68-53(78)9-4-3-5-25-67-55(80)40-85-50-21-11-41(12-22-50)10-17-47-18-19-48-36-49-20-23-51(52-8-6-32-86-52)77(49)64(65,66)76(47)48/h6,8,10-23,32,36,42-44H,2-5,7,9,24-31,33-35,37-40H2,1H3,(H,67,80)(H,68,78)(H,69,79)(H,70,81)(H,71,82)(H,72,73)/b17-10+. The molecule has 6 heterocycles. The van der Waals surface area contributed by atoms with Gasteiger partial charge in [-0.25, -0.2) is 9.78 Å². The van der Waals surface area contributed by atoms with Crippen LogP contribution in [-0.2, 0) is 32.9 Å². The number of nitrogens with one attached hydrogen (secondary N) is 6. The van der Waals surface area contributed by atoms with Crippen LogP contribution in [0.3, 0.4) is 0 Å². The fourth-order valence-corrected chi connectivity index (χ4v) is 14.3. The molecule has 5 amide bonds. The highest BCUT2D eigenvalue weighted by Crippen LogP contribution is 2.60. The number of carbonyl (C=O) groups excluding carboxylic acids is 5. The molecule has 4 bridgehead atoms. The number of halogens is 2. The molecule has 6 aliphatic rings. The second kappa shape index (κ2) is 26.0. The molecule has 2 aromatic carbocycles. The van der Waals surface area contributed by atoms with Crippen molar-refractivity contribution < 1.29 is 41.8 Å². The fourth-order valence-electron chi connectivity index (χ4n) is 13.5. The summed E-state index contributed by atoms with van der Waals surface area (Å²) in [6, 6.07) is 20.3. The van der Waals surface area contributed by atoms with Crippen LogP contribution in [0.5, 0.6) is 5.75 Å². The molecule has 0 saturated heterocycles. The normalized spacial score (nSPS) is 19.6. The molecule has 12 rings (SSSR count). The second-order valence-electron chi connectivity index (χ2n) is 23.4. The lowest BCUT2D eigenvalue weighted by atomic mass is 9.49. The summed E-state index contributed by atoms with van der Waals surface area (Å²) in [6.45, 7) is -0.672. The maximum atomic E-state index is 16.2. The molecule has 2 aliphatic heterocycles. The van der Waals surface area contributed by atoms with Crippen LogP contribution in [0.2, 0.25) is 0 Å². The molecule has 6 N–H and O–H groups in total. The third kappa shape index (κ3) is 13.0. The number of imidazole rings is 1. The van der Waals surface area contributed by atoms with Gasteiger partial charge in [0.2, 0.25) is 11.8 Å². The molecule has 0 atom stereocenters. The van der Waals surface area contributed by atoms with Gasteiger partial charge in [0.1, 0.15) is 17.1 Å². The number of aromatic nitrogens is 5. The maximum Gasteiger partial charge on any atom is 0.737 e. The minimum Gasteiger partial charge on any atom is -0.484 e. The number of allylic oxidation sites excluding steroid dienone is 2. The van der Waals surface area contributed by atoms with Crippen molar-refractivity contribution in [3.63, 3.8) is 0 Å². The first-order valence-corrected chi connectivity index (χ1v) is 31.0. The van der Waals surface area contributed by atoms with E-state index in [9.17, 15) is 33.6 Å². The summed E-state index contributed by atoms with van der Waals surface area (Å²) in [6.07, 6.45) is 19.0. The monoisotopic (exact) mass is 1190 g/mol. The lowest BCUT2D eigenvalue weighted by molar-refractivity contribution is -0.360. The van der Waals surface area contributed by atoms with Gasteiger partial charge in [-0.2, -0.15) is 0 Å². The zero-order chi connectivity index (χ0) is 60.0. The molecular weight excluding hydrogens is 1120 g/mol. The van der Waals surface area contributed by atoms with Crippen molar-refractivity contribution in [2.75, 3.05) is 39.3 Å². The zero-order valence-corrected chi connectivity index (χ0v) is 49.0. The molecule has 0 radical (unpaired) electrons. The van der Waals surface area contributed by atoms with Gasteiger partial charge in [0.15, 0.2) is 23.7 Å². The number of thiophene rings is 1. The molecule has 6 aromatic rings. The van der Waals surface area contributed by atoms with Crippen LogP contribution in [0.1, 0.15) is 139 Å². The minimum atomic E-state index is -4.15. The largest absolute Gasteiger partial charge is 0.737 e. The zero-order valence-electron chi connectivity index (χ0n) is 48.2. The van der Waals surface area contributed by atoms with Crippen molar-refractivity contribution in [1.82, 2.24) is 50.2 Å². The van der Waals surface area contributed by atoms with Gasteiger partial charge in [0, 0.05) is 105 Å². The average molecular weight is 1190 g/mol. The van der Waals surface area contributed by atoms with E-state index in [4.69, 9.17) is 9.72 Å². The van der Waals surface area contributed by atoms with Gasteiger partial charge in [0.05, 0.1) is 4.88 Å². The number of rotatable bonds is 27. The van der Waals surface area contributed by atoms with Gasteiger partial charge in [-0.05, 0) is 154 Å². The van der Waals surface area contributed by atoms with Crippen LogP contribution in [0.4, 0.5) is 8.63 Å². The van der Waals surface area contributed by atoms with Crippen LogP contribution in [0.25, 0.3) is 29.4 Å². The van der Waals surface area contributed by atoms with E-state index in [1.807, 2.05) is 24.4 Å². The Hall–Kier alpha value is -8.47. The number of hydrogen-bond acceptors (Lipinski definition) is 10. The van der Waals surface area contributed by atoms with Gasteiger partial charge in [-0.1, -0.05) is 37.6 Å². The lowest BCUT2D eigenvalue weighted by Crippen LogP contribution is -2.50. The Morgan fingerprint density at radius 3 is 2.09 bits per heavy atom. The molecule has 4 fully saturated rings. The number of fused-ring (bicyclic) bond motifs is 3. The SMILES string of the molecule is CCCn1c(=O)c2[nH]c(C34CC5CC(CC(C5)C3)C4)nc2n(CCCNC(=O)c2ccc(C(=O)NCCNC(=O)CCNC(=O)CCCCCNC(=O)COc3ccc(/C=C/c4ccc5n4[B-](F)(F)[N+]4=C(c6cccs6)C=CC4=C5)cc3)cc2)c1=O. The molecule has 23 heteroatoms. The highest BCUT2D eigenvalue weighted by molar-refractivity contribution is 7.12. The molecule has 4 aromatic heterocycles. The number of aryl methyl sites for hydroxylation is 1. The van der Waals surface area contributed by atoms with Crippen molar-refractivity contribution in [2.45, 2.75) is 109 Å². The van der Waals surface area contributed by atoms with E-state index in [2.05, 4.69) is 31.6 Å². The van der Waals surface area contributed by atoms with Gasteiger partial charge >= 0.3 is 12.7 Å². The Balaban J connectivity index is 0.521. The first-order chi connectivity index (χ1) is 41.7. The highest BCUT2D eigenvalue weighted by atomic mass is 32.1. The number of benzene rings is 2. The Morgan fingerprint density at radius 1 is 0.733 bits per heavy atom. The average Bonchev–Trinajstić information content (AvgIpc) is 1.54. The van der Waals surface area contributed by atoms with Crippen LogP contribution in [0.15, 0.2) is 106 Å². The summed E-state index contributed by atoms with van der Waals surface area (Å²) in [5.41, 5.74) is 3.16. The van der Waals surface area contributed by atoms with Gasteiger partial charge in [0.25, 0.3) is 23.3 Å². The Morgan fingerprint density at radius 2 is 1.40 bits per heavy atom. The fraction of sp³-hybridized carbons (Fsp3) is 0.413. The van der Waals surface area contributed by atoms with E-state index in [0.717, 1.165) is 44.5 Å². The first kappa shape index (κ1) is 59.3. The Labute approximate surface area is 500 Å². The quantitative estimate of drug-likeness (QED) is 0.0223. The summed E-state index contributed by atoms with van der Waals surface area (Å²) < 4.78 is 43.1. The number of unbranched alkanes of at least 4 members (excludes halogenated alkanes) is 2. The van der Waals surface area contributed by atoms with Crippen LogP contribution >= 0.6 is 11.3 Å². The van der Waals surface area contributed by atoms with Crippen molar-refractivity contribution in [3.05, 3.63) is 156 Å². The number of carbonyl (C=O) groups is 5. The lowest BCUT2D eigenvalue weighted by Gasteiger charge is -2.55. The number of nitrogens with zero attached hydrogens (tertiary/aromatic N) is 5. The smallest absolute Gasteiger partial charge is 0.484 e. The Bertz CT molecular complexity index is 3750. The molecule has 4 aliphatic carbocycles. The third-order valence-electron chi connectivity index (χ3n) is 17.2. The molecule has 0 spiro atoms. The van der Waals surface area contributed by atoms with Gasteiger partial charge < -0.3 is 53.9 Å². The summed E-state index contributed by atoms with van der Waals surface area (Å²) >= 11 is 1.42. The molecular formula is C63H72BF2N11O8S. The van der Waals surface area contributed by atoms with Gasteiger partial charge in [-0.15, -0.1) is 11.3 Å². The van der Waals surface area contributed by atoms with Crippen LogP contribution in [-0.4, -0.2) is 110 Å². The summed E-state index contributed by atoms with van der Waals surface area (Å²) in [5.74, 6) is 1.92.